The number of alkyl halides is 1. The van der Waals surface area contributed by atoms with Crippen molar-refractivity contribution in [1.82, 2.24) is 0 Å². The van der Waals surface area contributed by atoms with Gasteiger partial charge >= 0.3 is 0 Å². The number of hydrogen-bond acceptors (Lipinski definition) is 3. The molecule has 0 fully saturated rings. The van der Waals surface area contributed by atoms with Gasteiger partial charge in [-0.3, -0.25) is 0 Å². The Balaban J connectivity index is 3.83. The highest BCUT2D eigenvalue weighted by Gasteiger charge is 2.31. The van der Waals surface area contributed by atoms with Gasteiger partial charge in [-0.2, -0.15) is 0 Å². The molecular weight excluding hydrogens is 168 g/mol. The van der Waals surface area contributed by atoms with Crippen molar-refractivity contribution in [3.63, 3.8) is 0 Å². The molecule has 2 unspecified atom stereocenters. The summed E-state index contributed by atoms with van der Waals surface area (Å²) in [6.07, 6.45) is -1.07. The van der Waals surface area contributed by atoms with Crippen LogP contribution in [0.15, 0.2) is 0 Å². The SMILES string of the molecule is CCOC(O)C(C)(Cl)OCC. The topological polar surface area (TPSA) is 38.7 Å². The first-order valence-electron chi connectivity index (χ1n) is 3.67. The van der Waals surface area contributed by atoms with Crippen molar-refractivity contribution in [2.45, 2.75) is 32.1 Å². The molecule has 0 spiro atoms. The molecule has 0 bridgehead atoms. The number of halogens is 1. The molecule has 68 valence electrons. The Morgan fingerprint density at radius 2 is 2.00 bits per heavy atom. The van der Waals surface area contributed by atoms with E-state index >= 15 is 0 Å². The second-order valence-electron chi connectivity index (χ2n) is 2.23. The standard InChI is InChI=1S/C7H15ClO3/c1-4-10-6(9)7(3,8)11-5-2/h6,9H,4-5H2,1-3H3. The van der Waals surface area contributed by atoms with E-state index in [0.29, 0.717) is 13.2 Å². The molecule has 4 heteroatoms. The van der Waals surface area contributed by atoms with Crippen LogP contribution >= 0.6 is 11.6 Å². The van der Waals surface area contributed by atoms with Gasteiger partial charge in [-0.05, 0) is 20.8 Å². The van der Waals surface area contributed by atoms with Crippen molar-refractivity contribution in [3.05, 3.63) is 0 Å². The smallest absolute Gasteiger partial charge is 0.198 e. The Hall–Kier alpha value is 0.170. The highest BCUT2D eigenvalue weighted by atomic mass is 35.5. The summed E-state index contributed by atoms with van der Waals surface area (Å²) in [5.74, 6) is 0. The van der Waals surface area contributed by atoms with Gasteiger partial charge in [0, 0.05) is 13.2 Å². The largest absolute Gasteiger partial charge is 0.365 e. The molecule has 0 aliphatic heterocycles. The minimum atomic E-state index is -1.13. The zero-order chi connectivity index (χ0) is 8.91. The molecule has 0 aliphatic rings. The third-order valence-electron chi connectivity index (χ3n) is 1.19. The molecular formula is C7H15ClO3. The maximum atomic E-state index is 9.23. The second kappa shape index (κ2) is 4.93. The number of rotatable bonds is 5. The van der Waals surface area contributed by atoms with Crippen LogP contribution in [0.25, 0.3) is 0 Å². The van der Waals surface area contributed by atoms with Crippen LogP contribution in [0.1, 0.15) is 20.8 Å². The van der Waals surface area contributed by atoms with Crippen LogP contribution in [0.3, 0.4) is 0 Å². The maximum absolute atomic E-state index is 9.23. The van der Waals surface area contributed by atoms with Crippen LogP contribution < -0.4 is 0 Å². The van der Waals surface area contributed by atoms with Gasteiger partial charge in [0.25, 0.3) is 0 Å². The molecule has 1 N–H and O–H groups in total. The molecule has 0 radical (unpaired) electrons. The lowest BCUT2D eigenvalue weighted by atomic mass is 10.4. The minimum absolute atomic E-state index is 0.413. The van der Waals surface area contributed by atoms with Gasteiger partial charge in [-0.25, -0.2) is 0 Å². The van der Waals surface area contributed by atoms with Gasteiger partial charge in [0.05, 0.1) is 0 Å². The van der Waals surface area contributed by atoms with Crippen molar-refractivity contribution in [2.75, 3.05) is 13.2 Å². The Kier molecular flexibility index (Phi) is 5.01. The van der Waals surface area contributed by atoms with Gasteiger partial charge < -0.3 is 14.6 Å². The van der Waals surface area contributed by atoms with E-state index in [2.05, 4.69) is 0 Å². The van der Waals surface area contributed by atoms with E-state index in [1.165, 1.54) is 0 Å². The molecule has 0 aliphatic carbocycles. The Morgan fingerprint density at radius 1 is 1.45 bits per heavy atom. The van der Waals surface area contributed by atoms with Gasteiger partial charge in [0.2, 0.25) is 0 Å². The Bertz CT molecular complexity index is 106. The van der Waals surface area contributed by atoms with Gasteiger partial charge in [0.1, 0.15) is 0 Å². The van der Waals surface area contributed by atoms with Crippen LogP contribution in [-0.2, 0) is 9.47 Å². The normalized spacial score (nSPS) is 19.4. The Morgan fingerprint density at radius 3 is 2.36 bits per heavy atom. The summed E-state index contributed by atoms with van der Waals surface area (Å²) in [6, 6.07) is 0. The number of ether oxygens (including phenoxy) is 2. The lowest BCUT2D eigenvalue weighted by molar-refractivity contribution is -0.187. The van der Waals surface area contributed by atoms with Gasteiger partial charge in [0.15, 0.2) is 11.4 Å². The molecule has 0 heterocycles. The predicted octanol–water partition coefficient (Wildman–Crippen LogP) is 1.33. The van der Waals surface area contributed by atoms with Gasteiger partial charge in [-0.1, -0.05) is 11.6 Å². The van der Waals surface area contributed by atoms with E-state index in [1.54, 1.807) is 20.8 Å². The number of aliphatic hydroxyl groups is 1. The lowest BCUT2D eigenvalue weighted by Gasteiger charge is -2.26. The summed E-state index contributed by atoms with van der Waals surface area (Å²) in [6.45, 7) is 6.01. The van der Waals surface area contributed by atoms with Crippen molar-refractivity contribution in [3.8, 4) is 0 Å². The molecule has 0 amide bonds. The molecule has 0 aromatic carbocycles. The Labute approximate surface area is 72.3 Å². The molecule has 0 aromatic rings. The molecule has 0 aromatic heterocycles. The lowest BCUT2D eigenvalue weighted by Crippen LogP contribution is -2.38. The molecule has 3 nitrogen and oxygen atoms in total. The van der Waals surface area contributed by atoms with E-state index in [-0.39, 0.29) is 0 Å². The fourth-order valence-electron chi connectivity index (χ4n) is 0.660. The van der Waals surface area contributed by atoms with Crippen LogP contribution in [0, 0.1) is 0 Å². The molecule has 0 rings (SSSR count). The van der Waals surface area contributed by atoms with Crippen LogP contribution in [0.4, 0.5) is 0 Å². The summed E-state index contributed by atoms with van der Waals surface area (Å²) in [4.78, 5) is 0. The first-order valence-corrected chi connectivity index (χ1v) is 4.05. The summed E-state index contributed by atoms with van der Waals surface area (Å²) in [5.41, 5.74) is 0. The van der Waals surface area contributed by atoms with Gasteiger partial charge in [-0.15, -0.1) is 0 Å². The molecule has 2 atom stereocenters. The second-order valence-corrected chi connectivity index (χ2v) is 2.98. The number of aliphatic hydroxyl groups excluding tert-OH is 1. The summed E-state index contributed by atoms with van der Waals surface area (Å²) >= 11 is 5.77. The predicted molar refractivity (Wildman–Crippen MR) is 43.5 cm³/mol. The first kappa shape index (κ1) is 11.2. The highest BCUT2D eigenvalue weighted by molar-refractivity contribution is 6.22. The first-order chi connectivity index (χ1) is 5.04. The van der Waals surface area contributed by atoms with Crippen LogP contribution in [-0.4, -0.2) is 29.7 Å². The monoisotopic (exact) mass is 182 g/mol. The maximum Gasteiger partial charge on any atom is 0.198 e. The zero-order valence-electron chi connectivity index (χ0n) is 7.13. The third-order valence-corrected chi connectivity index (χ3v) is 1.49. The summed E-state index contributed by atoms with van der Waals surface area (Å²) in [7, 11) is 0. The van der Waals surface area contributed by atoms with E-state index in [0.717, 1.165) is 0 Å². The van der Waals surface area contributed by atoms with E-state index in [4.69, 9.17) is 21.1 Å². The van der Waals surface area contributed by atoms with Crippen LogP contribution in [0.2, 0.25) is 0 Å². The molecule has 11 heavy (non-hydrogen) atoms. The zero-order valence-corrected chi connectivity index (χ0v) is 7.89. The number of hydrogen-bond donors (Lipinski definition) is 1. The van der Waals surface area contributed by atoms with Crippen molar-refractivity contribution in [2.24, 2.45) is 0 Å². The van der Waals surface area contributed by atoms with Crippen molar-refractivity contribution >= 4 is 11.6 Å². The van der Waals surface area contributed by atoms with Crippen molar-refractivity contribution < 1.29 is 14.6 Å². The van der Waals surface area contributed by atoms with E-state index in [1.807, 2.05) is 0 Å². The summed E-state index contributed by atoms with van der Waals surface area (Å²) in [5, 5.41) is 8.09. The van der Waals surface area contributed by atoms with Crippen LogP contribution in [0.5, 0.6) is 0 Å². The minimum Gasteiger partial charge on any atom is -0.365 e. The quantitative estimate of drug-likeness (QED) is 0.515. The van der Waals surface area contributed by atoms with E-state index in [9.17, 15) is 5.11 Å². The molecule has 0 saturated carbocycles. The fraction of sp³-hybridized carbons (Fsp3) is 1.00. The third kappa shape index (κ3) is 3.91. The molecule has 0 saturated heterocycles. The fourth-order valence-corrected chi connectivity index (χ4v) is 0.832. The average Bonchev–Trinajstić information content (AvgIpc) is 1.88. The average molecular weight is 183 g/mol. The van der Waals surface area contributed by atoms with E-state index < -0.39 is 11.4 Å². The highest BCUT2D eigenvalue weighted by Crippen LogP contribution is 2.21. The summed E-state index contributed by atoms with van der Waals surface area (Å²) < 4.78 is 9.89. The van der Waals surface area contributed by atoms with Crippen molar-refractivity contribution in [1.29, 1.82) is 0 Å².